The van der Waals surface area contributed by atoms with E-state index in [0.717, 1.165) is 17.2 Å². The normalized spacial score (nSPS) is 10.0. The number of benzene rings is 2. The molecule has 2 aromatic carbocycles. The van der Waals surface area contributed by atoms with Crippen LogP contribution < -0.4 is 0 Å². The van der Waals surface area contributed by atoms with Gasteiger partial charge in [-0.15, -0.1) is 0 Å². The van der Waals surface area contributed by atoms with Crippen molar-refractivity contribution < 1.29 is 19.4 Å². The predicted molar refractivity (Wildman–Crippen MR) is 83.7 cm³/mol. The fraction of sp³-hybridized carbons (Fsp3) is 0.111. The maximum absolute atomic E-state index is 11.2. The lowest BCUT2D eigenvalue weighted by molar-refractivity contribution is -0.137. The summed E-state index contributed by atoms with van der Waals surface area (Å²) in [4.78, 5) is 22.2. The van der Waals surface area contributed by atoms with Crippen molar-refractivity contribution >= 4 is 11.9 Å². The van der Waals surface area contributed by atoms with Gasteiger partial charge in [0.15, 0.2) is 0 Å². The topological polar surface area (TPSA) is 63.6 Å². The van der Waals surface area contributed by atoms with Crippen molar-refractivity contribution in [1.82, 2.24) is 0 Å². The van der Waals surface area contributed by atoms with Gasteiger partial charge in [-0.1, -0.05) is 49.0 Å². The van der Waals surface area contributed by atoms with Crippen LogP contribution in [0.15, 0.2) is 61.2 Å². The van der Waals surface area contributed by atoms with Gasteiger partial charge in [-0.3, -0.25) is 0 Å². The van der Waals surface area contributed by atoms with E-state index < -0.39 is 11.9 Å². The Kier molecular flexibility index (Phi) is 5.09. The number of carboxylic acid groups (broad SMARTS) is 1. The van der Waals surface area contributed by atoms with Gasteiger partial charge in [-0.05, 0) is 22.8 Å². The highest BCUT2D eigenvalue weighted by atomic mass is 16.5. The highest BCUT2D eigenvalue weighted by Crippen LogP contribution is 2.24. The van der Waals surface area contributed by atoms with Gasteiger partial charge in [0.05, 0.1) is 12.2 Å². The summed E-state index contributed by atoms with van der Waals surface area (Å²) in [7, 11) is 0. The first-order chi connectivity index (χ1) is 10.6. The lowest BCUT2D eigenvalue weighted by atomic mass is 9.98. The Balaban J connectivity index is 2.11. The largest absolute Gasteiger partial charge is 0.478 e. The molecule has 2 rings (SSSR count). The molecule has 2 aromatic rings. The molecule has 0 aliphatic heterocycles. The molecular weight excluding hydrogens is 280 g/mol. The Labute approximate surface area is 128 Å². The highest BCUT2D eigenvalue weighted by molar-refractivity contribution is 5.95. The number of ether oxygens (including phenoxy) is 1. The molecule has 0 unspecified atom stereocenters. The van der Waals surface area contributed by atoms with E-state index in [9.17, 15) is 14.7 Å². The van der Waals surface area contributed by atoms with E-state index in [1.807, 2.05) is 30.3 Å². The van der Waals surface area contributed by atoms with Gasteiger partial charge in [0.25, 0.3) is 0 Å². The second-order valence-corrected chi connectivity index (χ2v) is 4.67. The lowest BCUT2D eigenvalue weighted by Gasteiger charge is -2.07. The molecule has 4 nitrogen and oxygen atoms in total. The Morgan fingerprint density at radius 1 is 1.09 bits per heavy atom. The van der Waals surface area contributed by atoms with E-state index in [2.05, 4.69) is 6.58 Å². The van der Waals surface area contributed by atoms with Crippen molar-refractivity contribution in [3.8, 4) is 11.1 Å². The molecule has 0 aliphatic rings. The Morgan fingerprint density at radius 3 is 2.41 bits per heavy atom. The van der Waals surface area contributed by atoms with Crippen LogP contribution in [0.25, 0.3) is 11.1 Å². The molecule has 0 spiro atoms. The van der Waals surface area contributed by atoms with Crippen molar-refractivity contribution in [2.45, 2.75) is 6.42 Å². The van der Waals surface area contributed by atoms with E-state index >= 15 is 0 Å². The number of rotatable bonds is 6. The van der Waals surface area contributed by atoms with E-state index in [0.29, 0.717) is 12.0 Å². The van der Waals surface area contributed by atoms with Crippen molar-refractivity contribution in [1.29, 1.82) is 0 Å². The molecule has 0 fully saturated rings. The zero-order valence-electron chi connectivity index (χ0n) is 12.0. The molecule has 0 saturated heterocycles. The number of aromatic carboxylic acids is 1. The summed E-state index contributed by atoms with van der Waals surface area (Å²) in [5, 5.41) is 9.22. The number of esters is 1. The number of carbonyl (C=O) groups excluding carboxylic acids is 1. The van der Waals surface area contributed by atoms with Gasteiger partial charge in [-0.25, -0.2) is 9.59 Å². The van der Waals surface area contributed by atoms with Crippen LogP contribution in [-0.2, 0) is 16.0 Å². The summed E-state index contributed by atoms with van der Waals surface area (Å²) in [6, 6.07) is 14.4. The first-order valence-electron chi connectivity index (χ1n) is 6.82. The molecule has 22 heavy (non-hydrogen) atoms. The van der Waals surface area contributed by atoms with Crippen LogP contribution in [-0.4, -0.2) is 23.7 Å². The van der Waals surface area contributed by atoms with Crippen LogP contribution in [0.4, 0.5) is 0 Å². The molecule has 1 N–H and O–H groups in total. The molecular formula is C18H16O4. The third-order valence-corrected chi connectivity index (χ3v) is 3.22. The summed E-state index contributed by atoms with van der Waals surface area (Å²) in [5.41, 5.74) is 2.80. The highest BCUT2D eigenvalue weighted by Gasteiger charge is 2.10. The predicted octanol–water partition coefficient (Wildman–Crippen LogP) is 3.32. The summed E-state index contributed by atoms with van der Waals surface area (Å²) >= 11 is 0. The van der Waals surface area contributed by atoms with E-state index in [-0.39, 0.29) is 12.2 Å². The molecule has 0 atom stereocenters. The summed E-state index contributed by atoms with van der Waals surface area (Å²) in [5.74, 6) is -1.39. The standard InChI is InChI=1S/C18H16O4/c1-2-17(19)22-12-11-13-7-9-14(10-8-13)15-5-3-4-6-16(15)18(20)21/h2-10H,1,11-12H2,(H,20,21). The van der Waals surface area contributed by atoms with Gasteiger partial charge < -0.3 is 9.84 Å². The molecule has 0 heterocycles. The van der Waals surface area contributed by atoms with Crippen LogP contribution in [0, 0.1) is 0 Å². The number of hydrogen-bond acceptors (Lipinski definition) is 3. The van der Waals surface area contributed by atoms with Gasteiger partial charge in [0, 0.05) is 12.5 Å². The van der Waals surface area contributed by atoms with Crippen LogP contribution in [0.1, 0.15) is 15.9 Å². The fourth-order valence-corrected chi connectivity index (χ4v) is 2.10. The van der Waals surface area contributed by atoms with Crippen LogP contribution in [0.5, 0.6) is 0 Å². The quantitative estimate of drug-likeness (QED) is 0.656. The summed E-state index contributed by atoms with van der Waals surface area (Å²) in [6.07, 6.45) is 1.73. The minimum Gasteiger partial charge on any atom is -0.478 e. The minimum atomic E-state index is -0.948. The average molecular weight is 296 g/mol. The van der Waals surface area contributed by atoms with Crippen molar-refractivity contribution in [3.63, 3.8) is 0 Å². The first-order valence-corrected chi connectivity index (χ1v) is 6.82. The Bertz CT molecular complexity index is 686. The zero-order chi connectivity index (χ0) is 15.9. The van der Waals surface area contributed by atoms with Crippen LogP contribution in [0.3, 0.4) is 0 Å². The third kappa shape index (κ3) is 3.82. The number of hydrogen-bond donors (Lipinski definition) is 1. The second kappa shape index (κ2) is 7.22. The van der Waals surface area contributed by atoms with Crippen molar-refractivity contribution in [3.05, 3.63) is 72.3 Å². The van der Waals surface area contributed by atoms with Crippen LogP contribution in [0.2, 0.25) is 0 Å². The first kappa shape index (κ1) is 15.5. The van der Waals surface area contributed by atoms with E-state index in [1.165, 1.54) is 0 Å². The molecule has 112 valence electrons. The van der Waals surface area contributed by atoms with Gasteiger partial charge in [0.2, 0.25) is 0 Å². The molecule has 0 saturated carbocycles. The molecule has 0 aliphatic carbocycles. The summed E-state index contributed by atoms with van der Waals surface area (Å²) in [6.45, 7) is 3.62. The van der Waals surface area contributed by atoms with Gasteiger partial charge in [-0.2, -0.15) is 0 Å². The average Bonchev–Trinajstić information content (AvgIpc) is 2.55. The van der Waals surface area contributed by atoms with E-state index in [1.54, 1.807) is 18.2 Å². The Hall–Kier alpha value is -2.88. The monoisotopic (exact) mass is 296 g/mol. The van der Waals surface area contributed by atoms with Crippen molar-refractivity contribution in [2.24, 2.45) is 0 Å². The summed E-state index contributed by atoms with van der Waals surface area (Å²) < 4.78 is 4.93. The van der Waals surface area contributed by atoms with Gasteiger partial charge in [0.1, 0.15) is 0 Å². The molecule has 0 amide bonds. The number of carboxylic acids is 1. The SMILES string of the molecule is C=CC(=O)OCCc1ccc(-c2ccccc2C(=O)O)cc1. The molecule has 4 heteroatoms. The lowest BCUT2D eigenvalue weighted by Crippen LogP contribution is -2.04. The maximum Gasteiger partial charge on any atom is 0.336 e. The third-order valence-electron chi connectivity index (χ3n) is 3.22. The number of carbonyl (C=O) groups is 2. The minimum absolute atomic E-state index is 0.273. The fourth-order valence-electron chi connectivity index (χ4n) is 2.10. The zero-order valence-corrected chi connectivity index (χ0v) is 12.0. The molecule has 0 aromatic heterocycles. The van der Waals surface area contributed by atoms with Gasteiger partial charge >= 0.3 is 11.9 Å². The maximum atomic E-state index is 11.2. The second-order valence-electron chi connectivity index (χ2n) is 4.67. The smallest absolute Gasteiger partial charge is 0.336 e. The van der Waals surface area contributed by atoms with Crippen molar-refractivity contribution in [2.75, 3.05) is 6.61 Å². The van der Waals surface area contributed by atoms with E-state index in [4.69, 9.17) is 4.74 Å². The molecule has 0 radical (unpaired) electrons. The Morgan fingerprint density at radius 2 is 1.77 bits per heavy atom. The van der Waals surface area contributed by atoms with Crippen LogP contribution >= 0.6 is 0 Å². The molecule has 0 bridgehead atoms.